The zero-order valence-corrected chi connectivity index (χ0v) is 20.1. The Bertz CT molecular complexity index is 957. The third-order valence-corrected chi connectivity index (χ3v) is 7.98. The summed E-state index contributed by atoms with van der Waals surface area (Å²) in [4.78, 5) is 31.5. The van der Waals surface area contributed by atoms with Crippen LogP contribution in [0, 0.1) is 5.92 Å². The van der Waals surface area contributed by atoms with Crippen LogP contribution in [0.3, 0.4) is 0 Å². The molecule has 1 aromatic heterocycles. The second-order valence-electron chi connectivity index (χ2n) is 8.45. The van der Waals surface area contributed by atoms with Crippen molar-refractivity contribution in [3.63, 3.8) is 0 Å². The molecule has 0 bridgehead atoms. The Morgan fingerprint density at radius 3 is 2.68 bits per heavy atom. The molecule has 1 aromatic carbocycles. The van der Waals surface area contributed by atoms with Gasteiger partial charge in [0.15, 0.2) is 0 Å². The zero-order chi connectivity index (χ0) is 22.0. The van der Waals surface area contributed by atoms with Gasteiger partial charge in [-0.3, -0.25) is 9.59 Å². The number of hydrogen-bond donors (Lipinski definition) is 0. The number of unbranched alkanes of at least 4 members (excludes halogenated alkanes) is 1. The standard InChI is InChI=1S/C24H28Cl2N2O2S/c1-2-3-11-27(24(30)16-5-4-6-16)15-22(29)28-12-9-21-19(10-13-31-21)23(28)18-8-7-17(25)14-20(18)26/h7-8,10,13-14,16,23H,2-6,9,11-12,15H2,1H3/t23-/m0/s1. The number of fused-ring (bicyclic) bond motifs is 1. The summed E-state index contributed by atoms with van der Waals surface area (Å²) in [5.41, 5.74) is 2.00. The van der Waals surface area contributed by atoms with Gasteiger partial charge < -0.3 is 9.80 Å². The summed E-state index contributed by atoms with van der Waals surface area (Å²) in [6.07, 6.45) is 5.73. The Morgan fingerprint density at radius 1 is 1.19 bits per heavy atom. The predicted octanol–water partition coefficient (Wildman–Crippen LogP) is 5.96. The second kappa shape index (κ2) is 9.93. The van der Waals surface area contributed by atoms with E-state index in [1.807, 2.05) is 17.0 Å². The molecular formula is C24H28Cl2N2O2S. The molecule has 7 heteroatoms. The van der Waals surface area contributed by atoms with Crippen LogP contribution in [0.2, 0.25) is 10.0 Å². The van der Waals surface area contributed by atoms with E-state index >= 15 is 0 Å². The quantitative estimate of drug-likeness (QED) is 0.492. The summed E-state index contributed by atoms with van der Waals surface area (Å²) in [5.74, 6) is 0.218. The van der Waals surface area contributed by atoms with Crippen LogP contribution in [0.1, 0.15) is 61.1 Å². The van der Waals surface area contributed by atoms with E-state index < -0.39 is 0 Å². The molecule has 4 rings (SSSR count). The first-order chi connectivity index (χ1) is 15.0. The van der Waals surface area contributed by atoms with Crippen LogP contribution in [-0.4, -0.2) is 41.2 Å². The molecule has 1 aliphatic carbocycles. The summed E-state index contributed by atoms with van der Waals surface area (Å²) in [6.45, 7) is 3.50. The lowest BCUT2D eigenvalue weighted by Crippen LogP contribution is -2.48. The molecule has 2 heterocycles. The average Bonchev–Trinajstić information content (AvgIpc) is 3.18. The van der Waals surface area contributed by atoms with Gasteiger partial charge in [0, 0.05) is 33.9 Å². The maximum Gasteiger partial charge on any atom is 0.242 e. The number of rotatable bonds is 7. The predicted molar refractivity (Wildman–Crippen MR) is 127 cm³/mol. The summed E-state index contributed by atoms with van der Waals surface area (Å²) in [5, 5.41) is 3.20. The third-order valence-electron chi connectivity index (χ3n) is 6.42. The highest BCUT2D eigenvalue weighted by Gasteiger charge is 2.36. The minimum atomic E-state index is -0.251. The van der Waals surface area contributed by atoms with Gasteiger partial charge >= 0.3 is 0 Å². The fourth-order valence-corrected chi connectivity index (χ4v) is 5.84. The van der Waals surface area contributed by atoms with Gasteiger partial charge in [-0.15, -0.1) is 11.3 Å². The van der Waals surface area contributed by atoms with E-state index in [0.29, 0.717) is 23.1 Å². The van der Waals surface area contributed by atoms with E-state index in [2.05, 4.69) is 18.4 Å². The van der Waals surface area contributed by atoms with Gasteiger partial charge in [-0.2, -0.15) is 0 Å². The molecule has 2 aliphatic rings. The minimum Gasteiger partial charge on any atom is -0.333 e. The summed E-state index contributed by atoms with van der Waals surface area (Å²) < 4.78 is 0. The maximum absolute atomic E-state index is 13.6. The van der Waals surface area contributed by atoms with Crippen LogP contribution in [0.5, 0.6) is 0 Å². The highest BCUT2D eigenvalue weighted by Crippen LogP contribution is 2.41. The van der Waals surface area contributed by atoms with E-state index in [4.69, 9.17) is 23.2 Å². The van der Waals surface area contributed by atoms with E-state index in [1.54, 1.807) is 22.3 Å². The van der Waals surface area contributed by atoms with Crippen molar-refractivity contribution >= 4 is 46.4 Å². The van der Waals surface area contributed by atoms with Crippen LogP contribution in [0.25, 0.3) is 0 Å². The second-order valence-corrected chi connectivity index (χ2v) is 10.3. The monoisotopic (exact) mass is 478 g/mol. The van der Waals surface area contributed by atoms with Gasteiger partial charge in [-0.05, 0) is 60.4 Å². The first kappa shape index (κ1) is 22.6. The Labute approximate surface area is 198 Å². The van der Waals surface area contributed by atoms with Gasteiger partial charge in [0.25, 0.3) is 0 Å². The van der Waals surface area contributed by atoms with Crippen molar-refractivity contribution in [3.05, 3.63) is 55.7 Å². The van der Waals surface area contributed by atoms with Crippen molar-refractivity contribution < 1.29 is 9.59 Å². The van der Waals surface area contributed by atoms with Crippen molar-refractivity contribution in [1.82, 2.24) is 9.80 Å². The number of nitrogens with zero attached hydrogens (tertiary/aromatic N) is 2. The normalized spacial score (nSPS) is 18.4. The van der Waals surface area contributed by atoms with E-state index in [-0.39, 0.29) is 30.3 Å². The number of carbonyl (C=O) groups is 2. The van der Waals surface area contributed by atoms with Crippen molar-refractivity contribution in [2.75, 3.05) is 19.6 Å². The first-order valence-electron chi connectivity index (χ1n) is 11.1. The van der Waals surface area contributed by atoms with Crippen molar-refractivity contribution in [2.45, 2.75) is 51.5 Å². The molecule has 2 amide bonds. The molecular weight excluding hydrogens is 451 g/mol. The van der Waals surface area contributed by atoms with Crippen LogP contribution in [-0.2, 0) is 16.0 Å². The van der Waals surface area contributed by atoms with E-state index in [1.165, 1.54) is 4.88 Å². The summed E-state index contributed by atoms with van der Waals surface area (Å²) >= 11 is 14.4. The summed E-state index contributed by atoms with van der Waals surface area (Å²) in [7, 11) is 0. The van der Waals surface area contributed by atoms with Crippen molar-refractivity contribution in [1.29, 1.82) is 0 Å². The molecule has 2 aromatic rings. The minimum absolute atomic E-state index is 0.0170. The number of amides is 2. The molecule has 0 radical (unpaired) electrons. The Hall–Kier alpha value is -1.56. The molecule has 1 aliphatic heterocycles. The van der Waals surface area contributed by atoms with E-state index in [0.717, 1.165) is 49.7 Å². The van der Waals surface area contributed by atoms with E-state index in [9.17, 15) is 9.59 Å². The number of benzene rings is 1. The topological polar surface area (TPSA) is 40.6 Å². The lowest BCUT2D eigenvalue weighted by Gasteiger charge is -2.39. The highest BCUT2D eigenvalue weighted by atomic mass is 35.5. The van der Waals surface area contributed by atoms with Gasteiger partial charge in [0.2, 0.25) is 11.8 Å². The first-order valence-corrected chi connectivity index (χ1v) is 12.7. The van der Waals surface area contributed by atoms with Crippen LogP contribution in [0.15, 0.2) is 29.6 Å². The van der Waals surface area contributed by atoms with Gasteiger partial charge in [0.05, 0.1) is 12.6 Å². The fraction of sp³-hybridized carbons (Fsp3) is 0.500. The van der Waals surface area contributed by atoms with Crippen LogP contribution < -0.4 is 0 Å². The molecule has 1 atom stereocenters. The van der Waals surface area contributed by atoms with Crippen LogP contribution in [0.4, 0.5) is 0 Å². The molecule has 1 saturated carbocycles. The van der Waals surface area contributed by atoms with Crippen LogP contribution >= 0.6 is 34.5 Å². The van der Waals surface area contributed by atoms with Gasteiger partial charge in [-0.1, -0.05) is 49.0 Å². The SMILES string of the molecule is CCCCN(CC(=O)N1CCc2sccc2[C@@H]1c1ccc(Cl)cc1Cl)C(=O)C1CCC1. The lowest BCUT2D eigenvalue weighted by atomic mass is 9.84. The molecule has 31 heavy (non-hydrogen) atoms. The molecule has 1 fully saturated rings. The molecule has 0 spiro atoms. The number of carbonyl (C=O) groups excluding carboxylic acids is 2. The third kappa shape index (κ3) is 4.79. The largest absolute Gasteiger partial charge is 0.333 e. The number of thiophene rings is 1. The maximum atomic E-state index is 13.6. The Morgan fingerprint density at radius 2 is 2.00 bits per heavy atom. The fourth-order valence-electron chi connectivity index (χ4n) is 4.43. The molecule has 166 valence electrons. The molecule has 0 N–H and O–H groups in total. The molecule has 0 unspecified atom stereocenters. The zero-order valence-electron chi connectivity index (χ0n) is 17.8. The van der Waals surface area contributed by atoms with Gasteiger partial charge in [0.1, 0.15) is 0 Å². The van der Waals surface area contributed by atoms with Gasteiger partial charge in [-0.25, -0.2) is 0 Å². The molecule has 0 saturated heterocycles. The molecule has 4 nitrogen and oxygen atoms in total. The smallest absolute Gasteiger partial charge is 0.242 e. The average molecular weight is 479 g/mol. The number of halogens is 2. The number of hydrogen-bond acceptors (Lipinski definition) is 3. The summed E-state index contributed by atoms with van der Waals surface area (Å²) in [6, 6.07) is 7.30. The lowest BCUT2D eigenvalue weighted by molar-refractivity contribution is -0.145. The van der Waals surface area contributed by atoms with Crippen molar-refractivity contribution in [2.24, 2.45) is 5.92 Å². The van der Waals surface area contributed by atoms with Crippen molar-refractivity contribution in [3.8, 4) is 0 Å². The Balaban J connectivity index is 1.61. The highest BCUT2D eigenvalue weighted by molar-refractivity contribution is 7.10. The Kier molecular flexibility index (Phi) is 7.25.